The molecule has 35 heavy (non-hydrogen) atoms. The van der Waals surface area contributed by atoms with Crippen LogP contribution in [0.3, 0.4) is 0 Å². The Morgan fingerprint density at radius 3 is 2.57 bits per heavy atom. The van der Waals surface area contributed by atoms with Crippen LogP contribution in [0.2, 0.25) is 0 Å². The van der Waals surface area contributed by atoms with Gasteiger partial charge in [0.15, 0.2) is 5.82 Å². The number of anilines is 1. The summed E-state index contributed by atoms with van der Waals surface area (Å²) in [4.78, 5) is 29.2. The lowest BCUT2D eigenvalue weighted by Crippen LogP contribution is -2.44. The van der Waals surface area contributed by atoms with Crippen LogP contribution in [0.4, 0.5) is 19.4 Å². The van der Waals surface area contributed by atoms with Gasteiger partial charge in [-0.1, -0.05) is 6.08 Å². The molecular formula is C25H31F2N5O3. The molecule has 1 aromatic heterocycles. The van der Waals surface area contributed by atoms with Gasteiger partial charge in [0.2, 0.25) is 0 Å². The maximum absolute atomic E-state index is 14.5. The van der Waals surface area contributed by atoms with Crippen LogP contribution >= 0.6 is 0 Å². The van der Waals surface area contributed by atoms with Gasteiger partial charge in [0.05, 0.1) is 17.8 Å². The second-order valence-corrected chi connectivity index (χ2v) is 9.20. The Hall–Kier alpha value is -3.53. The average molecular weight is 488 g/mol. The molecule has 10 heteroatoms. The topological polar surface area (TPSA) is 90.6 Å². The third-order valence-corrected chi connectivity index (χ3v) is 5.98. The Balaban J connectivity index is 1.81. The number of H-pyrrole nitrogens is 1. The second kappa shape index (κ2) is 10.4. The molecule has 2 heterocycles. The summed E-state index contributed by atoms with van der Waals surface area (Å²) in [5.74, 6) is -1.07. The highest BCUT2D eigenvalue weighted by atomic mass is 19.1. The number of aromatic nitrogens is 2. The van der Waals surface area contributed by atoms with Crippen molar-refractivity contribution in [3.8, 4) is 0 Å². The van der Waals surface area contributed by atoms with Crippen LogP contribution in [0.25, 0.3) is 0 Å². The average Bonchev–Trinajstić information content (AvgIpc) is 3.31. The van der Waals surface area contributed by atoms with Crippen molar-refractivity contribution in [2.45, 2.75) is 45.9 Å². The summed E-state index contributed by atoms with van der Waals surface area (Å²) in [5.41, 5.74) is 1.06. The number of ether oxygens (including phenoxy) is 1. The van der Waals surface area contributed by atoms with Crippen molar-refractivity contribution < 1.29 is 23.1 Å². The first-order valence-corrected chi connectivity index (χ1v) is 11.2. The molecule has 2 N–H and O–H groups in total. The number of amides is 2. The molecule has 3 rings (SSSR count). The number of allylic oxidation sites excluding steroid dienone is 3. The first-order chi connectivity index (χ1) is 16.4. The molecule has 0 saturated carbocycles. The van der Waals surface area contributed by atoms with Gasteiger partial charge in [0.1, 0.15) is 17.7 Å². The highest BCUT2D eigenvalue weighted by Crippen LogP contribution is 2.41. The van der Waals surface area contributed by atoms with Gasteiger partial charge < -0.3 is 15.0 Å². The molecule has 2 amide bonds. The second-order valence-electron chi connectivity index (χ2n) is 9.20. The fourth-order valence-electron chi connectivity index (χ4n) is 3.90. The number of benzene rings is 1. The van der Waals surface area contributed by atoms with Crippen molar-refractivity contribution in [2.24, 2.45) is 0 Å². The standard InChI is InChI=1S/C25H31F2N5O3/c1-7-8-19(27)15(2)20(14-31(5)6)35-24(34)32-13-18-21(25(32,3)4)29-30-22(18)28-23(33)16-9-11-17(26)12-10-16/h7-12,20H,13-14H2,1-6H3,(H2,28,29,30,33)/b8-7-,19-15-. The SMILES string of the molecule is C/C=C\C(F)=C(/C)C(CN(C)C)OC(=O)N1Cc2c(NC(=O)c3ccc(F)cc3)n[nH]c2C1(C)C. The number of nitrogens with zero attached hydrogens (tertiary/aromatic N) is 3. The summed E-state index contributed by atoms with van der Waals surface area (Å²) < 4.78 is 33.4. The zero-order valence-electron chi connectivity index (χ0n) is 20.8. The molecule has 1 unspecified atom stereocenters. The number of aromatic amines is 1. The van der Waals surface area contributed by atoms with Crippen molar-refractivity contribution in [1.29, 1.82) is 0 Å². The van der Waals surface area contributed by atoms with E-state index < -0.39 is 35.3 Å². The molecule has 188 valence electrons. The molecule has 1 aromatic carbocycles. The summed E-state index contributed by atoms with van der Waals surface area (Å²) in [6.45, 7) is 7.40. The zero-order valence-corrected chi connectivity index (χ0v) is 20.8. The Morgan fingerprint density at radius 1 is 1.31 bits per heavy atom. The van der Waals surface area contributed by atoms with E-state index in [2.05, 4.69) is 15.5 Å². The van der Waals surface area contributed by atoms with Crippen LogP contribution in [-0.2, 0) is 16.8 Å². The molecule has 8 nitrogen and oxygen atoms in total. The Morgan fingerprint density at radius 2 is 1.97 bits per heavy atom. The Bertz CT molecular complexity index is 1150. The quantitative estimate of drug-likeness (QED) is 0.551. The summed E-state index contributed by atoms with van der Waals surface area (Å²) in [6.07, 6.45) is 1.50. The van der Waals surface area contributed by atoms with Crippen molar-refractivity contribution in [1.82, 2.24) is 20.0 Å². The van der Waals surface area contributed by atoms with Crippen molar-refractivity contribution in [3.05, 3.63) is 70.5 Å². The van der Waals surface area contributed by atoms with Crippen LogP contribution in [0.5, 0.6) is 0 Å². The molecule has 1 atom stereocenters. The van der Waals surface area contributed by atoms with E-state index in [9.17, 15) is 18.4 Å². The van der Waals surface area contributed by atoms with E-state index in [0.29, 0.717) is 23.4 Å². The van der Waals surface area contributed by atoms with Crippen molar-refractivity contribution >= 4 is 17.8 Å². The number of carbonyl (C=O) groups excluding carboxylic acids is 2. The van der Waals surface area contributed by atoms with Crippen LogP contribution in [0.15, 0.2) is 47.8 Å². The first-order valence-electron chi connectivity index (χ1n) is 11.2. The number of carbonyl (C=O) groups is 2. The van der Waals surface area contributed by atoms with Gasteiger partial charge in [0.25, 0.3) is 5.91 Å². The lowest BCUT2D eigenvalue weighted by atomic mass is 10.0. The number of hydrogen-bond donors (Lipinski definition) is 2. The molecule has 1 aliphatic rings. The van der Waals surface area contributed by atoms with Crippen LogP contribution < -0.4 is 5.32 Å². The maximum atomic E-state index is 14.5. The monoisotopic (exact) mass is 487 g/mol. The maximum Gasteiger partial charge on any atom is 0.411 e. The molecule has 0 bridgehead atoms. The lowest BCUT2D eigenvalue weighted by Gasteiger charge is -2.33. The van der Waals surface area contributed by atoms with Gasteiger partial charge in [-0.25, -0.2) is 13.6 Å². The van der Waals surface area contributed by atoms with Crippen LogP contribution in [0, 0.1) is 5.82 Å². The fraction of sp³-hybridized carbons (Fsp3) is 0.400. The van der Waals surface area contributed by atoms with Crippen LogP contribution in [-0.4, -0.2) is 58.7 Å². The minimum Gasteiger partial charge on any atom is -0.440 e. The predicted octanol–water partition coefficient (Wildman–Crippen LogP) is 4.74. The van der Waals surface area contributed by atoms with Gasteiger partial charge in [-0.15, -0.1) is 0 Å². The number of halogens is 2. The lowest BCUT2D eigenvalue weighted by molar-refractivity contribution is 0.0376. The normalized spacial score (nSPS) is 16.3. The third-order valence-electron chi connectivity index (χ3n) is 5.98. The third kappa shape index (κ3) is 5.59. The number of rotatable bonds is 7. The van der Waals surface area contributed by atoms with E-state index in [4.69, 9.17) is 4.74 Å². The van der Waals surface area contributed by atoms with E-state index in [1.54, 1.807) is 19.9 Å². The molecule has 0 spiro atoms. The zero-order chi connectivity index (χ0) is 25.9. The summed E-state index contributed by atoms with van der Waals surface area (Å²) >= 11 is 0. The smallest absolute Gasteiger partial charge is 0.411 e. The van der Waals surface area contributed by atoms with Gasteiger partial charge >= 0.3 is 6.09 Å². The molecule has 0 aliphatic carbocycles. The number of likely N-dealkylation sites (N-methyl/N-ethyl adjacent to an activating group) is 1. The van der Waals surface area contributed by atoms with Crippen molar-refractivity contribution in [2.75, 3.05) is 26.0 Å². The highest BCUT2D eigenvalue weighted by molar-refractivity contribution is 6.04. The van der Waals surface area contributed by atoms with E-state index in [0.717, 1.165) is 0 Å². The Kier molecular flexibility index (Phi) is 7.74. The minimum absolute atomic E-state index is 0.130. The first kappa shape index (κ1) is 26.1. The largest absolute Gasteiger partial charge is 0.440 e. The molecular weight excluding hydrogens is 456 g/mol. The molecule has 2 aromatic rings. The van der Waals surface area contributed by atoms with E-state index in [1.807, 2.05) is 32.8 Å². The van der Waals surface area contributed by atoms with Crippen molar-refractivity contribution in [3.63, 3.8) is 0 Å². The van der Waals surface area contributed by atoms with E-state index in [1.165, 1.54) is 35.2 Å². The van der Waals surface area contributed by atoms with Crippen LogP contribution in [0.1, 0.15) is 49.3 Å². The van der Waals surface area contributed by atoms with E-state index >= 15 is 0 Å². The summed E-state index contributed by atoms with van der Waals surface area (Å²) in [7, 11) is 3.63. The fourth-order valence-corrected chi connectivity index (χ4v) is 3.90. The minimum atomic E-state index is -0.819. The number of hydrogen-bond acceptors (Lipinski definition) is 5. The predicted molar refractivity (Wildman–Crippen MR) is 129 cm³/mol. The number of nitrogens with one attached hydrogen (secondary N) is 2. The molecule has 1 aliphatic heterocycles. The summed E-state index contributed by atoms with van der Waals surface area (Å²) in [6, 6.07) is 5.15. The van der Waals surface area contributed by atoms with Gasteiger partial charge in [-0.3, -0.25) is 14.8 Å². The van der Waals surface area contributed by atoms with Gasteiger partial charge in [-0.2, -0.15) is 5.10 Å². The molecule has 0 fully saturated rings. The van der Waals surface area contributed by atoms with Gasteiger partial charge in [-0.05, 0) is 72.1 Å². The molecule has 0 radical (unpaired) electrons. The molecule has 0 saturated heterocycles. The highest BCUT2D eigenvalue weighted by Gasteiger charge is 2.45. The Labute approximate surface area is 203 Å². The van der Waals surface area contributed by atoms with Gasteiger partial charge in [0, 0.05) is 23.2 Å². The number of fused-ring (bicyclic) bond motifs is 1. The van der Waals surface area contributed by atoms with E-state index in [-0.39, 0.29) is 17.9 Å². The summed E-state index contributed by atoms with van der Waals surface area (Å²) in [5, 5.41) is 9.83.